The van der Waals surface area contributed by atoms with Gasteiger partial charge in [-0.1, -0.05) is 0 Å². The van der Waals surface area contributed by atoms with E-state index in [4.69, 9.17) is 0 Å². The summed E-state index contributed by atoms with van der Waals surface area (Å²) in [7, 11) is 0. The fraction of sp³-hybridized carbons (Fsp3) is 0.625. The molecule has 0 aromatic carbocycles. The van der Waals surface area contributed by atoms with Crippen LogP contribution in [0.1, 0.15) is 38.2 Å². The van der Waals surface area contributed by atoms with Crippen molar-refractivity contribution in [3.8, 4) is 0 Å². The van der Waals surface area contributed by atoms with Gasteiger partial charge in [-0.15, -0.1) is 0 Å². The van der Waals surface area contributed by atoms with Gasteiger partial charge in [-0.2, -0.15) is 12.6 Å². The molecule has 0 radical (unpaired) electrons. The van der Waals surface area contributed by atoms with Crippen molar-refractivity contribution in [2.45, 2.75) is 51.1 Å². The number of aromatic nitrogens is 2. The molecule has 2 rings (SSSR count). The predicted molar refractivity (Wildman–Crippen MR) is 98.4 cm³/mol. The minimum absolute atomic E-state index is 0.0153. The zero-order valence-corrected chi connectivity index (χ0v) is 15.6. The first-order valence-corrected chi connectivity index (χ1v) is 9.04. The summed E-state index contributed by atoms with van der Waals surface area (Å²) in [4.78, 5) is 34.1. The first kappa shape index (κ1) is 19.3. The van der Waals surface area contributed by atoms with E-state index in [0.29, 0.717) is 12.2 Å². The van der Waals surface area contributed by atoms with Crippen LogP contribution in [0.5, 0.6) is 0 Å². The van der Waals surface area contributed by atoms with Crippen molar-refractivity contribution in [2.24, 2.45) is 0 Å². The maximum absolute atomic E-state index is 12.1. The Morgan fingerprint density at radius 3 is 2.68 bits per heavy atom. The summed E-state index contributed by atoms with van der Waals surface area (Å²) in [6.45, 7) is 5.60. The lowest BCUT2D eigenvalue weighted by molar-refractivity contribution is 0.205. The second-order valence-corrected chi connectivity index (χ2v) is 6.99. The van der Waals surface area contributed by atoms with Crippen molar-refractivity contribution in [1.82, 2.24) is 30.8 Å². The number of hydrogen-bond donors (Lipinski definition) is 4. The first-order chi connectivity index (χ1) is 11.9. The van der Waals surface area contributed by atoms with Crippen molar-refractivity contribution in [3.05, 3.63) is 23.8 Å². The molecule has 1 fully saturated rings. The first-order valence-electron chi connectivity index (χ1n) is 8.52. The maximum Gasteiger partial charge on any atom is 0.317 e. The van der Waals surface area contributed by atoms with Crippen LogP contribution < -0.4 is 16.0 Å². The lowest BCUT2D eigenvalue weighted by Gasteiger charge is -2.20. The molecule has 1 aliphatic rings. The zero-order valence-electron chi connectivity index (χ0n) is 14.7. The third-order valence-electron chi connectivity index (χ3n) is 3.79. The van der Waals surface area contributed by atoms with Crippen molar-refractivity contribution in [3.63, 3.8) is 0 Å². The number of thiol groups is 1. The van der Waals surface area contributed by atoms with Gasteiger partial charge < -0.3 is 20.9 Å². The molecule has 0 saturated carbocycles. The van der Waals surface area contributed by atoms with E-state index in [9.17, 15) is 9.59 Å². The minimum Gasteiger partial charge on any atom is -0.335 e. The zero-order chi connectivity index (χ0) is 18.2. The van der Waals surface area contributed by atoms with E-state index in [2.05, 4.69) is 38.5 Å². The van der Waals surface area contributed by atoms with E-state index in [1.807, 2.05) is 17.9 Å². The molecule has 0 bridgehead atoms. The molecular formula is C16H26N6O2S. The molecule has 0 spiro atoms. The van der Waals surface area contributed by atoms with Gasteiger partial charge in [-0.3, -0.25) is 0 Å². The van der Waals surface area contributed by atoms with Gasteiger partial charge in [0, 0.05) is 37.4 Å². The Morgan fingerprint density at radius 2 is 2.00 bits per heavy atom. The van der Waals surface area contributed by atoms with Gasteiger partial charge in [0.15, 0.2) is 0 Å². The van der Waals surface area contributed by atoms with Crippen LogP contribution in [0, 0.1) is 0 Å². The quantitative estimate of drug-likeness (QED) is 0.450. The summed E-state index contributed by atoms with van der Waals surface area (Å²) in [5.74, 6) is 0.525. The fourth-order valence-electron chi connectivity index (χ4n) is 2.63. The van der Waals surface area contributed by atoms with Crippen molar-refractivity contribution in [2.75, 3.05) is 13.1 Å². The third kappa shape index (κ3) is 6.77. The third-order valence-corrected chi connectivity index (χ3v) is 3.92. The molecule has 1 aliphatic heterocycles. The summed E-state index contributed by atoms with van der Waals surface area (Å²) in [5, 5.41) is 8.06. The number of nitrogens with one attached hydrogen (secondary N) is 3. The lowest BCUT2D eigenvalue weighted by atomic mass is 10.2. The molecule has 1 saturated heterocycles. The van der Waals surface area contributed by atoms with E-state index < -0.39 is 0 Å². The molecule has 138 valence electrons. The number of carbonyl (C=O) groups excluding carboxylic acids is 2. The largest absolute Gasteiger partial charge is 0.335 e. The molecule has 9 heteroatoms. The Labute approximate surface area is 153 Å². The van der Waals surface area contributed by atoms with Gasteiger partial charge in [-0.05, 0) is 32.8 Å². The summed E-state index contributed by atoms with van der Waals surface area (Å²) in [5.41, 5.74) is 0.823. The van der Waals surface area contributed by atoms with Crippen molar-refractivity contribution >= 4 is 24.7 Å². The normalized spacial score (nSPS) is 16.2. The van der Waals surface area contributed by atoms with E-state index in [0.717, 1.165) is 31.6 Å². The number of hydrogen-bond acceptors (Lipinski definition) is 5. The molecule has 0 aliphatic carbocycles. The Hall–Kier alpha value is -2.03. The van der Waals surface area contributed by atoms with Crippen LogP contribution in [-0.4, -0.2) is 51.4 Å². The maximum atomic E-state index is 12.1. The highest BCUT2D eigenvalue weighted by atomic mass is 32.1. The number of amides is 4. The topological polar surface area (TPSA) is 99.2 Å². The molecule has 1 aromatic rings. The Bertz CT molecular complexity index is 592. The summed E-state index contributed by atoms with van der Waals surface area (Å²) < 4.78 is 0. The van der Waals surface area contributed by atoms with Crippen LogP contribution in [0.3, 0.4) is 0 Å². The highest BCUT2D eigenvalue weighted by molar-refractivity contribution is 7.80. The smallest absolute Gasteiger partial charge is 0.317 e. The molecule has 8 nitrogen and oxygen atoms in total. The molecule has 4 amide bonds. The SMILES string of the molecule is CC(S)NC(=O)NCc1nccc(CC(C)NC(=O)N2CCCC2)n1. The van der Waals surface area contributed by atoms with Gasteiger partial charge in [0.1, 0.15) is 5.82 Å². The minimum atomic E-state index is -0.317. The number of likely N-dealkylation sites (tertiary alicyclic amines) is 1. The van der Waals surface area contributed by atoms with Gasteiger partial charge in [0.2, 0.25) is 0 Å². The standard InChI is InChI=1S/C16H26N6O2S/c1-11(19-16(24)22-7-3-4-8-22)9-13-5-6-17-14(21-13)10-18-15(23)20-12(2)25/h5-6,11-12,25H,3-4,7-10H2,1-2H3,(H,19,24)(H2,18,20,23). The van der Waals surface area contributed by atoms with Crippen LogP contribution in [0.4, 0.5) is 9.59 Å². The van der Waals surface area contributed by atoms with E-state index in [1.54, 1.807) is 13.1 Å². The molecular weight excluding hydrogens is 340 g/mol. The Morgan fingerprint density at radius 1 is 1.28 bits per heavy atom. The Kier molecular flexibility index (Phi) is 7.30. The molecule has 2 heterocycles. The van der Waals surface area contributed by atoms with Crippen LogP contribution in [0.25, 0.3) is 0 Å². The molecule has 25 heavy (non-hydrogen) atoms. The molecule has 2 atom stereocenters. The van der Waals surface area contributed by atoms with Crippen molar-refractivity contribution in [1.29, 1.82) is 0 Å². The van der Waals surface area contributed by atoms with Gasteiger partial charge in [-0.25, -0.2) is 19.6 Å². The highest BCUT2D eigenvalue weighted by Gasteiger charge is 2.19. The van der Waals surface area contributed by atoms with E-state index in [-0.39, 0.29) is 30.0 Å². The summed E-state index contributed by atoms with van der Waals surface area (Å²) >= 11 is 4.09. The van der Waals surface area contributed by atoms with Crippen LogP contribution in [0.15, 0.2) is 12.3 Å². The predicted octanol–water partition coefficient (Wildman–Crippen LogP) is 1.29. The molecule has 2 unspecified atom stereocenters. The summed E-state index contributed by atoms with van der Waals surface area (Å²) in [6.07, 6.45) is 4.41. The van der Waals surface area contributed by atoms with E-state index in [1.165, 1.54) is 0 Å². The highest BCUT2D eigenvalue weighted by Crippen LogP contribution is 2.08. The van der Waals surface area contributed by atoms with Gasteiger partial charge in [0.05, 0.1) is 11.9 Å². The average Bonchev–Trinajstić information content (AvgIpc) is 3.07. The number of urea groups is 2. The number of carbonyl (C=O) groups is 2. The number of nitrogens with zero attached hydrogens (tertiary/aromatic N) is 3. The van der Waals surface area contributed by atoms with Crippen LogP contribution >= 0.6 is 12.6 Å². The number of rotatable bonds is 6. The second-order valence-electron chi connectivity index (χ2n) is 6.22. The van der Waals surface area contributed by atoms with Crippen molar-refractivity contribution < 1.29 is 9.59 Å². The molecule has 1 aromatic heterocycles. The summed E-state index contributed by atoms with van der Waals surface area (Å²) in [6, 6.07) is 1.45. The monoisotopic (exact) mass is 366 g/mol. The second kappa shape index (κ2) is 9.45. The lowest BCUT2D eigenvalue weighted by Crippen LogP contribution is -2.43. The van der Waals surface area contributed by atoms with Gasteiger partial charge in [0.25, 0.3) is 0 Å². The Balaban J connectivity index is 1.81. The van der Waals surface area contributed by atoms with Crippen LogP contribution in [0.2, 0.25) is 0 Å². The average molecular weight is 366 g/mol. The van der Waals surface area contributed by atoms with E-state index >= 15 is 0 Å². The van der Waals surface area contributed by atoms with Gasteiger partial charge >= 0.3 is 12.1 Å². The molecule has 3 N–H and O–H groups in total. The van der Waals surface area contributed by atoms with Crippen LogP contribution in [-0.2, 0) is 13.0 Å². The fourth-order valence-corrected chi connectivity index (χ4v) is 2.74.